The van der Waals surface area contributed by atoms with Crippen LogP contribution >= 0.6 is 0 Å². The molecular weight excluding hydrogens is 98.1 g/mol. The van der Waals surface area contributed by atoms with Gasteiger partial charge >= 0.3 is 0 Å². The van der Waals surface area contributed by atoms with Gasteiger partial charge in [-0.2, -0.15) is 0 Å². The number of hydrogen-bond donors (Lipinski definition) is 0. The van der Waals surface area contributed by atoms with Crippen molar-refractivity contribution < 1.29 is 4.58 Å². The molecule has 0 spiro atoms. The van der Waals surface area contributed by atoms with Crippen LogP contribution in [0.5, 0.6) is 0 Å². The van der Waals surface area contributed by atoms with E-state index in [1.54, 1.807) is 0 Å². The Morgan fingerprint density at radius 3 is 2.62 bits per heavy atom. The fraction of sp³-hybridized carbons (Fsp3) is 0.286. The molecular formula is C7H10N+. The zero-order valence-corrected chi connectivity index (χ0v) is 5.26. The molecule has 42 valence electrons. The summed E-state index contributed by atoms with van der Waals surface area (Å²) in [6.45, 7) is 2.04. The van der Waals surface area contributed by atoms with E-state index >= 15 is 0 Å². The summed E-state index contributed by atoms with van der Waals surface area (Å²) in [4.78, 5) is 0. The minimum atomic E-state index is 1.28. The number of allylic oxidation sites excluding steroid dienone is 3. The molecule has 0 aromatic rings. The molecule has 1 rings (SSSR count). The molecule has 0 amide bonds. The first kappa shape index (κ1) is 5.29. The van der Waals surface area contributed by atoms with E-state index in [1.165, 1.54) is 5.57 Å². The fourth-order valence-corrected chi connectivity index (χ4v) is 0.696. The first-order valence-electron chi connectivity index (χ1n) is 2.74. The summed E-state index contributed by atoms with van der Waals surface area (Å²) in [7, 11) is 2.02. The maximum atomic E-state index is 2.08. The summed E-state index contributed by atoms with van der Waals surface area (Å²) in [6, 6.07) is 0. The van der Waals surface area contributed by atoms with Gasteiger partial charge in [0, 0.05) is 11.6 Å². The molecule has 0 fully saturated rings. The van der Waals surface area contributed by atoms with Crippen LogP contribution in [0.4, 0.5) is 0 Å². The molecule has 0 bridgehead atoms. The van der Waals surface area contributed by atoms with Crippen molar-refractivity contribution in [2.24, 2.45) is 0 Å². The predicted molar refractivity (Wildman–Crippen MR) is 35.1 cm³/mol. The second-order valence-corrected chi connectivity index (χ2v) is 1.90. The van der Waals surface area contributed by atoms with Crippen molar-refractivity contribution in [2.75, 3.05) is 7.05 Å². The summed E-state index contributed by atoms with van der Waals surface area (Å²) in [5.74, 6) is 0. The van der Waals surface area contributed by atoms with Gasteiger partial charge in [-0.15, -0.1) is 0 Å². The van der Waals surface area contributed by atoms with Gasteiger partial charge < -0.3 is 0 Å². The first-order chi connectivity index (χ1) is 3.83. The molecule has 0 aromatic heterocycles. The lowest BCUT2D eigenvalue weighted by Gasteiger charge is -1.74. The van der Waals surface area contributed by atoms with Gasteiger partial charge in [0.25, 0.3) is 0 Å². The smallest absolute Gasteiger partial charge is 0.175 e. The molecule has 0 aliphatic carbocycles. The average molecular weight is 108 g/mol. The second-order valence-electron chi connectivity index (χ2n) is 1.90. The van der Waals surface area contributed by atoms with Crippen LogP contribution in [0.1, 0.15) is 6.92 Å². The Bertz CT molecular complexity index is 173. The normalized spacial score (nSPS) is 22.2. The van der Waals surface area contributed by atoms with Crippen molar-refractivity contribution in [3.05, 3.63) is 23.9 Å². The van der Waals surface area contributed by atoms with E-state index in [2.05, 4.69) is 18.4 Å². The second kappa shape index (κ2) is 1.95. The van der Waals surface area contributed by atoms with Crippen molar-refractivity contribution >= 4 is 6.21 Å². The van der Waals surface area contributed by atoms with E-state index in [0.29, 0.717) is 0 Å². The summed E-state index contributed by atoms with van der Waals surface area (Å²) >= 11 is 0. The van der Waals surface area contributed by atoms with Gasteiger partial charge in [-0.1, -0.05) is 6.08 Å². The monoisotopic (exact) mass is 108 g/mol. The third kappa shape index (κ3) is 0.861. The molecule has 1 heteroatoms. The van der Waals surface area contributed by atoms with Crippen LogP contribution in [0.2, 0.25) is 0 Å². The number of nitrogens with zero attached hydrogens (tertiary/aromatic N) is 1. The molecule has 1 aliphatic heterocycles. The lowest BCUT2D eigenvalue weighted by Crippen LogP contribution is -1.90. The highest BCUT2D eigenvalue weighted by Crippen LogP contribution is 1.97. The molecule has 0 aromatic carbocycles. The maximum absolute atomic E-state index is 2.08. The van der Waals surface area contributed by atoms with Crippen molar-refractivity contribution in [3.63, 3.8) is 0 Å². The number of rotatable bonds is 0. The average Bonchev–Trinajstić information content (AvgIpc) is 2.14. The van der Waals surface area contributed by atoms with E-state index in [1.807, 2.05) is 24.7 Å². The van der Waals surface area contributed by atoms with Crippen LogP contribution in [0.3, 0.4) is 0 Å². The molecule has 1 heterocycles. The van der Waals surface area contributed by atoms with E-state index in [-0.39, 0.29) is 0 Å². The highest BCUT2D eigenvalue weighted by atomic mass is 14.9. The Morgan fingerprint density at radius 1 is 1.62 bits per heavy atom. The number of hydrogen-bond acceptors (Lipinski definition) is 0. The van der Waals surface area contributed by atoms with Crippen LogP contribution in [-0.2, 0) is 0 Å². The highest BCUT2D eigenvalue weighted by Gasteiger charge is 2.00. The Labute approximate surface area is 49.6 Å². The lowest BCUT2D eigenvalue weighted by molar-refractivity contribution is -0.413. The fourth-order valence-electron chi connectivity index (χ4n) is 0.696. The van der Waals surface area contributed by atoms with Crippen molar-refractivity contribution in [1.82, 2.24) is 0 Å². The van der Waals surface area contributed by atoms with Gasteiger partial charge in [-0.05, 0) is 6.92 Å². The van der Waals surface area contributed by atoms with Gasteiger partial charge in [-0.25, -0.2) is 4.58 Å². The summed E-state index contributed by atoms with van der Waals surface area (Å²) in [5.41, 5.74) is 1.28. The Morgan fingerprint density at radius 2 is 2.38 bits per heavy atom. The third-order valence-electron chi connectivity index (χ3n) is 1.19. The molecule has 8 heavy (non-hydrogen) atoms. The molecule has 0 saturated heterocycles. The third-order valence-corrected chi connectivity index (χ3v) is 1.19. The SMILES string of the molecule is C/C=C1/C=C[N+](C)=C1. The topological polar surface area (TPSA) is 3.01 Å². The van der Waals surface area contributed by atoms with Crippen LogP contribution < -0.4 is 0 Å². The maximum Gasteiger partial charge on any atom is 0.175 e. The van der Waals surface area contributed by atoms with E-state index in [4.69, 9.17) is 0 Å². The minimum absolute atomic E-state index is 1.28. The summed E-state index contributed by atoms with van der Waals surface area (Å²) in [6.07, 6.45) is 8.29. The highest BCUT2D eigenvalue weighted by molar-refractivity contribution is 5.80. The molecule has 0 N–H and O–H groups in total. The predicted octanol–water partition coefficient (Wildman–Crippen LogP) is 1.17. The summed E-state index contributed by atoms with van der Waals surface area (Å²) in [5, 5.41) is 0. The van der Waals surface area contributed by atoms with E-state index in [9.17, 15) is 0 Å². The molecule has 1 aliphatic rings. The van der Waals surface area contributed by atoms with Gasteiger partial charge in [0.1, 0.15) is 7.05 Å². The van der Waals surface area contributed by atoms with Crippen molar-refractivity contribution in [2.45, 2.75) is 6.92 Å². The molecule has 0 unspecified atom stereocenters. The zero-order valence-electron chi connectivity index (χ0n) is 5.26. The molecule has 0 radical (unpaired) electrons. The Balaban J connectivity index is 2.84. The van der Waals surface area contributed by atoms with Gasteiger partial charge in [0.05, 0.1) is 0 Å². The van der Waals surface area contributed by atoms with Crippen LogP contribution in [0.25, 0.3) is 0 Å². The van der Waals surface area contributed by atoms with Gasteiger partial charge in [0.15, 0.2) is 12.4 Å². The van der Waals surface area contributed by atoms with E-state index < -0.39 is 0 Å². The zero-order chi connectivity index (χ0) is 5.98. The van der Waals surface area contributed by atoms with Crippen LogP contribution in [-0.4, -0.2) is 17.8 Å². The molecule has 0 saturated carbocycles. The molecule has 1 nitrogen and oxygen atoms in total. The van der Waals surface area contributed by atoms with Crippen molar-refractivity contribution in [3.8, 4) is 0 Å². The summed E-state index contributed by atoms with van der Waals surface area (Å²) < 4.78 is 2.04. The quantitative estimate of drug-likeness (QED) is 0.410. The minimum Gasteiger partial charge on any atom is -0.207 e. The largest absolute Gasteiger partial charge is 0.207 e. The van der Waals surface area contributed by atoms with Crippen LogP contribution in [0.15, 0.2) is 23.9 Å². The Hall–Kier alpha value is -0.850. The molecule has 0 atom stereocenters. The van der Waals surface area contributed by atoms with Crippen LogP contribution in [0, 0.1) is 0 Å². The van der Waals surface area contributed by atoms with Gasteiger partial charge in [-0.3, -0.25) is 0 Å². The first-order valence-corrected chi connectivity index (χ1v) is 2.74. The van der Waals surface area contributed by atoms with Gasteiger partial charge in [0.2, 0.25) is 0 Å². The lowest BCUT2D eigenvalue weighted by atomic mass is 10.3. The van der Waals surface area contributed by atoms with E-state index in [0.717, 1.165) is 0 Å². The standard InChI is InChI=1S/C7H10N/c1-3-7-4-5-8(2)6-7/h3-6H,1-2H3/q+1/b7-3-. The Kier molecular flexibility index (Phi) is 1.29. The van der Waals surface area contributed by atoms with Crippen molar-refractivity contribution in [1.29, 1.82) is 0 Å².